The van der Waals surface area contributed by atoms with Crippen LogP contribution in [-0.4, -0.2) is 15.6 Å². The minimum atomic E-state index is -1.02. The first-order valence-corrected chi connectivity index (χ1v) is 9.71. The number of carboxylic acids is 1. The third-order valence-corrected chi connectivity index (χ3v) is 5.15. The lowest BCUT2D eigenvalue weighted by Gasteiger charge is -2.05. The number of carbonyl (C=O) groups is 1. The Hall–Kier alpha value is -3.81. The largest absolute Gasteiger partial charge is 0.478 e. The maximum absolute atomic E-state index is 11.3. The van der Waals surface area contributed by atoms with Crippen LogP contribution in [0, 0.1) is 11.3 Å². The van der Waals surface area contributed by atoms with Crippen molar-refractivity contribution < 1.29 is 9.90 Å². The molecule has 0 fully saturated rings. The lowest BCUT2D eigenvalue weighted by Crippen LogP contribution is -1.97. The molecule has 0 saturated carbocycles. The fraction of sp³-hybridized carbons (Fsp3) is 0.0400. The van der Waals surface area contributed by atoms with Crippen LogP contribution >= 0.6 is 11.6 Å². The van der Waals surface area contributed by atoms with Crippen molar-refractivity contribution in [3.8, 4) is 6.07 Å². The Labute approximate surface area is 178 Å². The molecule has 0 bridgehead atoms. The molecule has 4 rings (SSSR count). The van der Waals surface area contributed by atoms with Crippen LogP contribution in [0.1, 0.15) is 27.0 Å². The number of rotatable bonds is 5. The summed E-state index contributed by atoms with van der Waals surface area (Å²) in [6.45, 7) is 0.669. The average Bonchev–Trinajstić information content (AvgIpc) is 3.09. The van der Waals surface area contributed by atoms with Gasteiger partial charge in [0.2, 0.25) is 0 Å². The van der Waals surface area contributed by atoms with Crippen molar-refractivity contribution >= 4 is 40.1 Å². The van der Waals surface area contributed by atoms with Crippen molar-refractivity contribution in [1.29, 1.82) is 5.26 Å². The van der Waals surface area contributed by atoms with Gasteiger partial charge >= 0.3 is 5.97 Å². The summed E-state index contributed by atoms with van der Waals surface area (Å²) in [4.78, 5) is 11.3. The van der Waals surface area contributed by atoms with E-state index in [0.717, 1.165) is 22.0 Å². The maximum Gasteiger partial charge on any atom is 0.335 e. The molecule has 0 aliphatic rings. The van der Waals surface area contributed by atoms with Gasteiger partial charge in [-0.05, 0) is 41.5 Å². The van der Waals surface area contributed by atoms with E-state index in [1.165, 1.54) is 12.1 Å². The normalized spacial score (nSPS) is 11.4. The molecule has 30 heavy (non-hydrogen) atoms. The molecule has 4 nitrogen and oxygen atoms in total. The first kappa shape index (κ1) is 19.5. The molecule has 0 spiro atoms. The minimum Gasteiger partial charge on any atom is -0.478 e. The predicted molar refractivity (Wildman–Crippen MR) is 119 cm³/mol. The summed E-state index contributed by atoms with van der Waals surface area (Å²) in [6.07, 6.45) is 3.78. The number of benzene rings is 3. The van der Waals surface area contributed by atoms with E-state index >= 15 is 0 Å². The zero-order valence-corrected chi connectivity index (χ0v) is 16.7. The number of nitriles is 1. The summed E-state index contributed by atoms with van der Waals surface area (Å²) < 4.78 is 2.10. The van der Waals surface area contributed by atoms with Gasteiger partial charge in [0.25, 0.3) is 0 Å². The van der Waals surface area contributed by atoms with Crippen molar-refractivity contribution in [3.05, 3.63) is 106 Å². The molecule has 3 aromatic carbocycles. The Kier molecular flexibility index (Phi) is 5.38. The van der Waals surface area contributed by atoms with Gasteiger partial charge in [-0.1, -0.05) is 60.1 Å². The van der Waals surface area contributed by atoms with Crippen molar-refractivity contribution in [2.45, 2.75) is 6.54 Å². The van der Waals surface area contributed by atoms with E-state index in [4.69, 9.17) is 11.6 Å². The fourth-order valence-electron chi connectivity index (χ4n) is 3.47. The van der Waals surface area contributed by atoms with E-state index in [1.807, 2.05) is 42.6 Å². The zero-order valence-electron chi connectivity index (χ0n) is 15.9. The Morgan fingerprint density at radius 1 is 1.03 bits per heavy atom. The zero-order chi connectivity index (χ0) is 21.1. The lowest BCUT2D eigenvalue weighted by molar-refractivity contribution is 0.0697. The Morgan fingerprint density at radius 3 is 2.53 bits per heavy atom. The van der Waals surface area contributed by atoms with E-state index in [2.05, 4.69) is 22.8 Å². The van der Waals surface area contributed by atoms with Crippen LogP contribution in [0.15, 0.2) is 79.0 Å². The number of hydrogen-bond acceptors (Lipinski definition) is 2. The first-order chi connectivity index (χ1) is 14.5. The number of fused-ring (bicyclic) bond motifs is 1. The van der Waals surface area contributed by atoms with Crippen molar-refractivity contribution in [2.75, 3.05) is 0 Å². The molecule has 1 N–H and O–H groups in total. The third kappa shape index (κ3) is 3.98. The third-order valence-electron chi connectivity index (χ3n) is 4.91. The van der Waals surface area contributed by atoms with Gasteiger partial charge in [-0.15, -0.1) is 0 Å². The second-order valence-corrected chi connectivity index (χ2v) is 7.35. The van der Waals surface area contributed by atoms with Crippen LogP contribution < -0.4 is 0 Å². The number of allylic oxidation sites excluding steroid dienone is 1. The highest BCUT2D eigenvalue weighted by atomic mass is 35.5. The Bertz CT molecular complexity index is 1310. The summed E-state index contributed by atoms with van der Waals surface area (Å²) in [5.41, 5.74) is 4.10. The summed E-state index contributed by atoms with van der Waals surface area (Å²) in [7, 11) is 0. The van der Waals surface area contributed by atoms with Crippen LogP contribution in [0.5, 0.6) is 0 Å². The molecule has 146 valence electrons. The molecule has 4 aromatic rings. The highest BCUT2D eigenvalue weighted by molar-refractivity contribution is 6.31. The van der Waals surface area contributed by atoms with Crippen LogP contribution in [0.2, 0.25) is 5.02 Å². The van der Waals surface area contributed by atoms with Crippen molar-refractivity contribution in [1.82, 2.24) is 4.57 Å². The molecule has 0 atom stereocenters. The highest BCUT2D eigenvalue weighted by Gasteiger charge is 2.11. The summed E-state index contributed by atoms with van der Waals surface area (Å²) in [5, 5.41) is 20.6. The Balaban J connectivity index is 1.83. The van der Waals surface area contributed by atoms with Gasteiger partial charge in [0.05, 0.1) is 22.7 Å². The molecule has 0 unspecified atom stereocenters. The number of halogens is 1. The molecule has 0 amide bonds. The van der Waals surface area contributed by atoms with Crippen LogP contribution in [0.25, 0.3) is 22.6 Å². The lowest BCUT2D eigenvalue weighted by atomic mass is 10.0. The molecular formula is C25H17ClN2O2. The van der Waals surface area contributed by atoms with Crippen molar-refractivity contribution in [2.24, 2.45) is 0 Å². The molecule has 5 heteroatoms. The molecule has 1 aromatic heterocycles. The SMILES string of the molecule is N#CC(=Cc1cn(Cc2ccccc2)c2cc(Cl)ccc12)c1cccc(C(=O)O)c1. The van der Waals surface area contributed by atoms with E-state index < -0.39 is 5.97 Å². The van der Waals surface area contributed by atoms with Gasteiger partial charge in [0.15, 0.2) is 0 Å². The highest BCUT2D eigenvalue weighted by Crippen LogP contribution is 2.29. The number of hydrogen-bond donors (Lipinski definition) is 1. The van der Waals surface area contributed by atoms with Gasteiger partial charge in [0, 0.05) is 28.7 Å². The molecule has 0 aliphatic carbocycles. The first-order valence-electron chi connectivity index (χ1n) is 9.33. The molecule has 1 heterocycles. The quantitative estimate of drug-likeness (QED) is 0.402. The Morgan fingerprint density at radius 2 is 1.80 bits per heavy atom. The van der Waals surface area contributed by atoms with Crippen LogP contribution in [0.3, 0.4) is 0 Å². The van der Waals surface area contributed by atoms with Gasteiger partial charge in [-0.3, -0.25) is 0 Å². The second kappa shape index (κ2) is 8.28. The van der Waals surface area contributed by atoms with Gasteiger partial charge < -0.3 is 9.67 Å². The number of nitrogens with zero attached hydrogens (tertiary/aromatic N) is 2. The van der Waals surface area contributed by atoms with Crippen LogP contribution in [-0.2, 0) is 6.54 Å². The summed E-state index contributed by atoms with van der Waals surface area (Å²) in [6, 6.07) is 24.4. The van der Waals surface area contributed by atoms with Gasteiger partial charge in [-0.25, -0.2) is 4.79 Å². The van der Waals surface area contributed by atoms with Gasteiger partial charge in [0.1, 0.15) is 0 Å². The van der Waals surface area contributed by atoms with E-state index in [0.29, 0.717) is 22.7 Å². The fourth-order valence-corrected chi connectivity index (χ4v) is 3.64. The topological polar surface area (TPSA) is 66.0 Å². The standard InChI is InChI=1S/C25H17ClN2O2/c26-22-9-10-23-21(12-20(14-27)18-7-4-8-19(11-18)25(29)30)16-28(24(23)13-22)15-17-5-2-1-3-6-17/h1-13,16H,15H2,(H,29,30). The second-order valence-electron chi connectivity index (χ2n) is 6.92. The molecular weight excluding hydrogens is 396 g/mol. The van der Waals surface area contributed by atoms with Crippen LogP contribution in [0.4, 0.5) is 0 Å². The minimum absolute atomic E-state index is 0.145. The van der Waals surface area contributed by atoms with E-state index in [-0.39, 0.29) is 5.56 Å². The molecule has 0 radical (unpaired) electrons. The average molecular weight is 413 g/mol. The molecule has 0 aliphatic heterocycles. The number of carboxylic acid groups (broad SMARTS) is 1. The molecule has 0 saturated heterocycles. The number of aromatic nitrogens is 1. The maximum atomic E-state index is 11.3. The monoisotopic (exact) mass is 412 g/mol. The van der Waals surface area contributed by atoms with E-state index in [9.17, 15) is 15.2 Å². The van der Waals surface area contributed by atoms with E-state index in [1.54, 1.807) is 18.2 Å². The predicted octanol–water partition coefficient (Wildman–Crippen LogP) is 6.11. The smallest absolute Gasteiger partial charge is 0.335 e. The summed E-state index contributed by atoms with van der Waals surface area (Å²) in [5.74, 6) is -1.02. The van der Waals surface area contributed by atoms with Gasteiger partial charge in [-0.2, -0.15) is 5.26 Å². The van der Waals surface area contributed by atoms with Crippen molar-refractivity contribution in [3.63, 3.8) is 0 Å². The number of aromatic carboxylic acids is 1. The summed E-state index contributed by atoms with van der Waals surface area (Å²) >= 11 is 6.24.